The van der Waals surface area contributed by atoms with Gasteiger partial charge in [0.05, 0.1) is 37.0 Å². The summed E-state index contributed by atoms with van der Waals surface area (Å²) in [6.45, 7) is 8.67. The largest absolute Gasteiger partial charge is 0.497 e. The van der Waals surface area contributed by atoms with Crippen LogP contribution >= 0.6 is 0 Å². The van der Waals surface area contributed by atoms with Crippen molar-refractivity contribution in [1.82, 2.24) is 14.8 Å². The number of likely N-dealkylation sites (N-methyl/N-ethyl adjacent to an activating group) is 2. The SMILES string of the molecule is CNCCOCCN(C)C(=O)[C@@]12C[C@@H]1c1cc(OC)ccc1-c1c(C3CCCCC3)c3ccc(C(=O)OC(C)(C)C)cc3n1C2. The fraction of sp³-hybridized carbons (Fsp3) is 0.568. The summed E-state index contributed by atoms with van der Waals surface area (Å²) >= 11 is 0. The predicted octanol–water partition coefficient (Wildman–Crippen LogP) is 6.50. The highest BCUT2D eigenvalue weighted by atomic mass is 16.6. The van der Waals surface area contributed by atoms with Gasteiger partial charge in [-0.1, -0.05) is 25.3 Å². The number of benzene rings is 2. The van der Waals surface area contributed by atoms with Crippen LogP contribution < -0.4 is 10.1 Å². The summed E-state index contributed by atoms with van der Waals surface area (Å²) in [5.74, 6) is 1.15. The van der Waals surface area contributed by atoms with Gasteiger partial charge in [0.2, 0.25) is 5.91 Å². The standard InChI is InChI=1S/C37H49N3O5/c1-36(2,3)45-34(41)25-12-14-28-31(20-25)40-23-37(35(42)39(5)17-19-44-18-16-38-4)22-30(37)29-21-26(43-6)13-15-27(29)33(40)32(28)24-10-8-7-9-11-24/h12-15,20-21,24,30,38H,7-11,16-19,22-23H2,1-6H3/t30-,37-/m1/s1. The van der Waals surface area contributed by atoms with Gasteiger partial charge in [0.15, 0.2) is 0 Å². The molecule has 0 spiro atoms. The van der Waals surface area contributed by atoms with Crippen molar-refractivity contribution in [2.45, 2.75) is 83.3 Å². The molecule has 3 aliphatic rings. The van der Waals surface area contributed by atoms with Crippen LogP contribution in [0.15, 0.2) is 36.4 Å². The Bertz CT molecular complexity index is 1580. The number of fused-ring (bicyclic) bond motifs is 7. The van der Waals surface area contributed by atoms with Gasteiger partial charge in [-0.3, -0.25) is 4.79 Å². The molecule has 2 aromatic carbocycles. The Morgan fingerprint density at radius 2 is 1.84 bits per heavy atom. The number of methoxy groups -OCH3 is 1. The van der Waals surface area contributed by atoms with Crippen molar-refractivity contribution in [1.29, 1.82) is 0 Å². The summed E-state index contributed by atoms with van der Waals surface area (Å²) in [5.41, 5.74) is 5.31. The molecule has 1 amide bonds. The summed E-state index contributed by atoms with van der Waals surface area (Å²) in [6.07, 6.45) is 6.78. The lowest BCUT2D eigenvalue weighted by atomic mass is 9.81. The van der Waals surface area contributed by atoms with Crippen LogP contribution in [-0.4, -0.2) is 74.5 Å². The second kappa shape index (κ2) is 12.4. The minimum absolute atomic E-state index is 0.0888. The van der Waals surface area contributed by atoms with Crippen LogP contribution in [0.3, 0.4) is 0 Å². The third-order valence-electron chi connectivity index (χ3n) is 10.00. The number of carbonyl (C=O) groups excluding carboxylic acids is 2. The molecule has 6 rings (SSSR count). The molecule has 0 radical (unpaired) electrons. The number of esters is 1. The van der Waals surface area contributed by atoms with E-state index >= 15 is 0 Å². The second-order valence-electron chi connectivity index (χ2n) is 14.2. The van der Waals surface area contributed by atoms with Crippen LogP contribution in [0, 0.1) is 5.41 Å². The first kappa shape index (κ1) is 31.6. The minimum atomic E-state index is -0.591. The van der Waals surface area contributed by atoms with Crippen LogP contribution in [0.25, 0.3) is 22.2 Å². The van der Waals surface area contributed by atoms with Gasteiger partial charge < -0.3 is 29.0 Å². The van der Waals surface area contributed by atoms with Gasteiger partial charge in [-0.15, -0.1) is 0 Å². The average molecular weight is 616 g/mol. The van der Waals surface area contributed by atoms with Crippen molar-refractivity contribution in [3.05, 3.63) is 53.1 Å². The van der Waals surface area contributed by atoms with E-state index in [0.29, 0.717) is 37.8 Å². The zero-order valence-corrected chi connectivity index (χ0v) is 27.8. The summed E-state index contributed by atoms with van der Waals surface area (Å²) in [4.78, 5) is 29.6. The van der Waals surface area contributed by atoms with Gasteiger partial charge in [-0.05, 0) is 94.5 Å². The Labute approximate surface area is 267 Å². The van der Waals surface area contributed by atoms with E-state index in [4.69, 9.17) is 14.2 Å². The molecule has 8 heteroatoms. The van der Waals surface area contributed by atoms with Crippen molar-refractivity contribution in [3.63, 3.8) is 0 Å². The molecular formula is C37H49N3O5. The Balaban J connectivity index is 1.49. The molecule has 1 aliphatic heterocycles. The number of hydrogen-bond donors (Lipinski definition) is 1. The van der Waals surface area contributed by atoms with Crippen LogP contribution in [0.5, 0.6) is 5.75 Å². The molecule has 242 valence electrons. The minimum Gasteiger partial charge on any atom is -0.497 e. The average Bonchev–Trinajstić information content (AvgIpc) is 3.69. The number of amides is 1. The number of hydrogen-bond acceptors (Lipinski definition) is 6. The lowest BCUT2D eigenvalue weighted by Crippen LogP contribution is -2.39. The highest BCUT2D eigenvalue weighted by molar-refractivity contribution is 6.00. The fourth-order valence-corrected chi connectivity index (χ4v) is 7.70. The quantitative estimate of drug-likeness (QED) is 0.207. The zero-order valence-electron chi connectivity index (χ0n) is 27.8. The van der Waals surface area contributed by atoms with Crippen molar-refractivity contribution in [2.75, 3.05) is 47.5 Å². The molecule has 8 nitrogen and oxygen atoms in total. The van der Waals surface area contributed by atoms with E-state index in [9.17, 15) is 9.59 Å². The molecule has 2 heterocycles. The molecule has 0 saturated heterocycles. The first-order valence-electron chi connectivity index (χ1n) is 16.6. The molecular weight excluding hydrogens is 566 g/mol. The third-order valence-corrected chi connectivity index (χ3v) is 10.00. The molecule has 2 saturated carbocycles. The zero-order chi connectivity index (χ0) is 31.9. The van der Waals surface area contributed by atoms with E-state index < -0.39 is 11.0 Å². The van der Waals surface area contributed by atoms with E-state index in [2.05, 4.69) is 28.1 Å². The Hall–Kier alpha value is -3.36. The van der Waals surface area contributed by atoms with Crippen molar-refractivity contribution >= 4 is 22.8 Å². The van der Waals surface area contributed by atoms with Gasteiger partial charge in [-0.2, -0.15) is 0 Å². The van der Waals surface area contributed by atoms with Crippen LogP contribution in [-0.2, 0) is 20.8 Å². The summed E-state index contributed by atoms with van der Waals surface area (Å²) in [7, 11) is 5.50. The van der Waals surface area contributed by atoms with Gasteiger partial charge in [0.25, 0.3) is 0 Å². The second-order valence-corrected chi connectivity index (χ2v) is 14.2. The van der Waals surface area contributed by atoms with E-state index in [1.165, 1.54) is 47.0 Å². The first-order chi connectivity index (χ1) is 21.6. The first-order valence-corrected chi connectivity index (χ1v) is 16.6. The highest BCUT2D eigenvalue weighted by Gasteiger charge is 2.63. The number of aromatic nitrogens is 1. The number of nitrogens with one attached hydrogen (secondary N) is 1. The van der Waals surface area contributed by atoms with Crippen LogP contribution in [0.1, 0.15) is 92.6 Å². The lowest BCUT2D eigenvalue weighted by Gasteiger charge is -2.25. The molecule has 0 bridgehead atoms. The monoisotopic (exact) mass is 615 g/mol. The number of carbonyl (C=O) groups is 2. The van der Waals surface area contributed by atoms with E-state index in [0.717, 1.165) is 37.1 Å². The molecule has 2 aliphatic carbocycles. The molecule has 2 fully saturated rings. The normalized spacial score (nSPS) is 21.0. The maximum atomic E-state index is 14.4. The molecule has 1 N–H and O–H groups in total. The molecule has 0 unspecified atom stereocenters. The number of rotatable bonds is 10. The summed E-state index contributed by atoms with van der Waals surface area (Å²) < 4.78 is 19.7. The smallest absolute Gasteiger partial charge is 0.338 e. The Kier molecular flexibility index (Phi) is 8.74. The third kappa shape index (κ3) is 5.99. The Morgan fingerprint density at radius 3 is 2.56 bits per heavy atom. The van der Waals surface area contributed by atoms with Gasteiger partial charge >= 0.3 is 5.97 Å². The number of ether oxygens (including phenoxy) is 3. The maximum Gasteiger partial charge on any atom is 0.338 e. The van der Waals surface area contributed by atoms with Crippen molar-refractivity contribution in [2.24, 2.45) is 5.41 Å². The van der Waals surface area contributed by atoms with E-state index in [1.54, 1.807) is 7.11 Å². The topological polar surface area (TPSA) is 82.0 Å². The highest BCUT2D eigenvalue weighted by Crippen LogP contribution is 2.66. The van der Waals surface area contributed by atoms with Gasteiger partial charge in [0.1, 0.15) is 11.4 Å². The van der Waals surface area contributed by atoms with E-state index in [1.807, 2.05) is 58.0 Å². The lowest BCUT2D eigenvalue weighted by molar-refractivity contribution is -0.137. The summed E-state index contributed by atoms with van der Waals surface area (Å²) in [5, 5.41) is 4.27. The molecule has 45 heavy (non-hydrogen) atoms. The van der Waals surface area contributed by atoms with E-state index in [-0.39, 0.29) is 17.8 Å². The van der Waals surface area contributed by atoms with Gasteiger partial charge in [-0.25, -0.2) is 4.79 Å². The van der Waals surface area contributed by atoms with Gasteiger partial charge in [0, 0.05) is 49.1 Å². The van der Waals surface area contributed by atoms with Crippen LogP contribution in [0.4, 0.5) is 0 Å². The molecule has 1 aromatic heterocycles. The predicted molar refractivity (Wildman–Crippen MR) is 177 cm³/mol. The molecule has 2 atom stereocenters. The summed E-state index contributed by atoms with van der Waals surface area (Å²) in [6, 6.07) is 12.4. The number of nitrogens with zero attached hydrogens (tertiary/aromatic N) is 2. The fourth-order valence-electron chi connectivity index (χ4n) is 7.70. The molecule has 3 aromatic rings. The Morgan fingerprint density at radius 1 is 1.07 bits per heavy atom. The van der Waals surface area contributed by atoms with Crippen LogP contribution in [0.2, 0.25) is 0 Å². The van der Waals surface area contributed by atoms with Crippen molar-refractivity contribution in [3.8, 4) is 17.0 Å². The van der Waals surface area contributed by atoms with Crippen molar-refractivity contribution < 1.29 is 23.8 Å². The maximum absolute atomic E-state index is 14.4.